The van der Waals surface area contributed by atoms with Gasteiger partial charge in [-0.25, -0.2) is 0 Å². The van der Waals surface area contributed by atoms with Crippen LogP contribution < -0.4 is 16.5 Å². The molecule has 1 atom stereocenters. The van der Waals surface area contributed by atoms with Crippen molar-refractivity contribution in [3.05, 3.63) is 0 Å². The molecule has 6 nitrogen and oxygen atoms in total. The molecule has 0 spiro atoms. The molecule has 0 aliphatic rings. The summed E-state index contributed by atoms with van der Waals surface area (Å²) in [7, 11) is 0. The maximum atomic E-state index is 11.1. The van der Waals surface area contributed by atoms with Gasteiger partial charge in [0, 0.05) is 6.04 Å². The van der Waals surface area contributed by atoms with Gasteiger partial charge in [-0.3, -0.25) is 14.4 Å². The van der Waals surface area contributed by atoms with Gasteiger partial charge in [0.25, 0.3) is 0 Å². The van der Waals surface area contributed by atoms with Crippen molar-refractivity contribution in [3.8, 4) is 0 Å². The van der Waals surface area contributed by atoms with Gasteiger partial charge in [0.15, 0.2) is 0 Å². The number of rotatable bonds is 7. The highest BCUT2D eigenvalue weighted by Gasteiger charge is 2.04. The van der Waals surface area contributed by atoms with Crippen molar-refractivity contribution in [2.24, 2.45) is 5.73 Å². The molecule has 4 N–H and O–H groups in total. The summed E-state index contributed by atoms with van der Waals surface area (Å²) in [4.78, 5) is 25.9. The Balaban J connectivity index is 3.40. The van der Waals surface area contributed by atoms with E-state index in [-0.39, 0.29) is 25.1 Å². The first-order valence-electron chi connectivity index (χ1n) is 4.48. The number of nitrogens with two attached hydrogens (primary N) is 1. The third kappa shape index (κ3) is 7.51. The van der Waals surface area contributed by atoms with Crippen LogP contribution in [0.3, 0.4) is 0 Å². The fourth-order valence-corrected chi connectivity index (χ4v) is 0.667. The minimum Gasteiger partial charge on any atom is -0.368 e. The number of carbonyl (C=O) groups is 2. The number of primary amides is 1. The first kappa shape index (κ1) is 12.9. The summed E-state index contributed by atoms with van der Waals surface area (Å²) in [6.07, 6.45) is 0.869. The van der Waals surface area contributed by atoms with Gasteiger partial charge in [-0.05, 0) is 13.3 Å². The van der Waals surface area contributed by atoms with E-state index in [4.69, 9.17) is 5.73 Å². The molecule has 0 aromatic heterocycles. The topological polar surface area (TPSA) is 93.4 Å². The van der Waals surface area contributed by atoms with Crippen molar-refractivity contribution in [2.75, 3.05) is 13.2 Å². The standard InChI is InChI=1S/C8H17N3O3/c1-3-6(2)11-8(13)4-10-14-5-7(9)12/h6,10H,3-5H2,1-2H3,(H2,9,12)(H,11,13). The second-order valence-electron chi connectivity index (χ2n) is 2.95. The van der Waals surface area contributed by atoms with Crippen molar-refractivity contribution in [3.63, 3.8) is 0 Å². The monoisotopic (exact) mass is 203 g/mol. The molecule has 0 heterocycles. The van der Waals surface area contributed by atoms with Gasteiger partial charge >= 0.3 is 0 Å². The first-order chi connectivity index (χ1) is 6.56. The molecule has 6 heteroatoms. The van der Waals surface area contributed by atoms with Gasteiger partial charge in [-0.15, -0.1) is 0 Å². The Morgan fingerprint density at radius 2 is 2.14 bits per heavy atom. The normalized spacial score (nSPS) is 12.1. The van der Waals surface area contributed by atoms with Crippen molar-refractivity contribution >= 4 is 11.8 Å². The van der Waals surface area contributed by atoms with Gasteiger partial charge in [-0.1, -0.05) is 6.92 Å². The fourth-order valence-electron chi connectivity index (χ4n) is 0.667. The molecule has 0 aliphatic carbocycles. The van der Waals surface area contributed by atoms with Crippen LogP contribution in [0.5, 0.6) is 0 Å². The predicted molar refractivity (Wildman–Crippen MR) is 51.0 cm³/mol. The molecule has 0 fully saturated rings. The molecule has 1 unspecified atom stereocenters. The summed E-state index contributed by atoms with van der Waals surface area (Å²) in [5.41, 5.74) is 7.14. The molecule has 14 heavy (non-hydrogen) atoms. The number of nitrogens with one attached hydrogen (secondary N) is 2. The average molecular weight is 203 g/mol. The number of amides is 2. The SMILES string of the molecule is CCC(C)NC(=O)CNOCC(N)=O. The quantitative estimate of drug-likeness (QED) is 0.362. The minimum absolute atomic E-state index is 0.0115. The van der Waals surface area contributed by atoms with E-state index in [9.17, 15) is 9.59 Å². The maximum Gasteiger partial charge on any atom is 0.245 e. The Hall–Kier alpha value is -1.14. The van der Waals surface area contributed by atoms with E-state index < -0.39 is 5.91 Å². The zero-order chi connectivity index (χ0) is 11.0. The third-order valence-corrected chi connectivity index (χ3v) is 1.57. The van der Waals surface area contributed by atoms with Gasteiger partial charge in [-0.2, -0.15) is 5.48 Å². The molecular formula is C8H17N3O3. The Bertz CT molecular complexity index is 196. The van der Waals surface area contributed by atoms with Gasteiger partial charge in [0.05, 0.1) is 6.54 Å². The van der Waals surface area contributed by atoms with E-state index in [0.29, 0.717) is 0 Å². The van der Waals surface area contributed by atoms with E-state index >= 15 is 0 Å². The lowest BCUT2D eigenvalue weighted by Crippen LogP contribution is -2.39. The molecule has 0 aromatic rings. The lowest BCUT2D eigenvalue weighted by Gasteiger charge is -2.11. The van der Waals surface area contributed by atoms with Crippen LogP contribution in [-0.4, -0.2) is 31.0 Å². The molecule has 0 saturated carbocycles. The third-order valence-electron chi connectivity index (χ3n) is 1.57. The van der Waals surface area contributed by atoms with E-state index in [2.05, 4.69) is 15.6 Å². The zero-order valence-electron chi connectivity index (χ0n) is 8.50. The Morgan fingerprint density at radius 3 is 2.64 bits per heavy atom. The van der Waals surface area contributed by atoms with Crippen LogP contribution in [0, 0.1) is 0 Å². The lowest BCUT2D eigenvalue weighted by molar-refractivity contribution is -0.129. The highest BCUT2D eigenvalue weighted by atomic mass is 16.6. The van der Waals surface area contributed by atoms with Crippen molar-refractivity contribution < 1.29 is 14.4 Å². The van der Waals surface area contributed by atoms with Crippen LogP contribution in [0.4, 0.5) is 0 Å². The first-order valence-corrected chi connectivity index (χ1v) is 4.48. The second-order valence-corrected chi connectivity index (χ2v) is 2.95. The second kappa shape index (κ2) is 7.28. The smallest absolute Gasteiger partial charge is 0.245 e. The lowest BCUT2D eigenvalue weighted by atomic mass is 10.2. The van der Waals surface area contributed by atoms with Crippen molar-refractivity contribution in [1.82, 2.24) is 10.8 Å². The molecule has 0 saturated heterocycles. The molecule has 82 valence electrons. The van der Waals surface area contributed by atoms with Gasteiger partial charge < -0.3 is 11.1 Å². The molecular weight excluding hydrogens is 186 g/mol. The average Bonchev–Trinajstić information content (AvgIpc) is 2.12. The van der Waals surface area contributed by atoms with Crippen LogP contribution in [-0.2, 0) is 14.4 Å². The van der Waals surface area contributed by atoms with Crippen LogP contribution in [0.2, 0.25) is 0 Å². The van der Waals surface area contributed by atoms with Gasteiger partial charge in [0.1, 0.15) is 6.61 Å². The predicted octanol–water partition coefficient (Wildman–Crippen LogP) is -1.09. The molecule has 0 aliphatic heterocycles. The maximum absolute atomic E-state index is 11.1. The summed E-state index contributed by atoms with van der Waals surface area (Å²) in [6.45, 7) is 3.65. The molecule has 2 amide bonds. The van der Waals surface area contributed by atoms with Crippen LogP contribution >= 0.6 is 0 Å². The minimum atomic E-state index is -0.583. The summed E-state index contributed by atoms with van der Waals surface area (Å²) < 4.78 is 0. The highest BCUT2D eigenvalue weighted by molar-refractivity contribution is 5.78. The van der Waals surface area contributed by atoms with E-state index in [1.165, 1.54) is 0 Å². The number of hydrogen-bond acceptors (Lipinski definition) is 4. The number of hydrogen-bond donors (Lipinski definition) is 3. The summed E-state index contributed by atoms with van der Waals surface area (Å²) in [5, 5.41) is 2.72. The summed E-state index contributed by atoms with van der Waals surface area (Å²) in [6, 6.07) is 0.139. The molecule has 0 rings (SSSR count). The highest BCUT2D eigenvalue weighted by Crippen LogP contribution is 1.86. The molecule has 0 radical (unpaired) electrons. The Kier molecular flexibility index (Phi) is 6.69. The zero-order valence-corrected chi connectivity index (χ0v) is 8.50. The molecule has 0 aromatic carbocycles. The van der Waals surface area contributed by atoms with Crippen LogP contribution in [0.1, 0.15) is 20.3 Å². The van der Waals surface area contributed by atoms with E-state index in [1.807, 2.05) is 13.8 Å². The Morgan fingerprint density at radius 1 is 1.50 bits per heavy atom. The largest absolute Gasteiger partial charge is 0.368 e. The Labute approximate surface area is 83.1 Å². The van der Waals surface area contributed by atoms with Crippen LogP contribution in [0.25, 0.3) is 0 Å². The van der Waals surface area contributed by atoms with Gasteiger partial charge in [0.2, 0.25) is 11.8 Å². The van der Waals surface area contributed by atoms with Crippen LogP contribution in [0.15, 0.2) is 0 Å². The van der Waals surface area contributed by atoms with E-state index in [1.54, 1.807) is 0 Å². The van der Waals surface area contributed by atoms with E-state index in [0.717, 1.165) is 6.42 Å². The van der Waals surface area contributed by atoms with Crippen molar-refractivity contribution in [1.29, 1.82) is 0 Å². The fraction of sp³-hybridized carbons (Fsp3) is 0.750. The number of hydroxylamine groups is 1. The summed E-state index contributed by atoms with van der Waals surface area (Å²) in [5.74, 6) is -0.761. The summed E-state index contributed by atoms with van der Waals surface area (Å²) >= 11 is 0. The number of carbonyl (C=O) groups excluding carboxylic acids is 2. The van der Waals surface area contributed by atoms with Crippen molar-refractivity contribution in [2.45, 2.75) is 26.3 Å². The molecule has 0 bridgehead atoms.